The predicted molar refractivity (Wildman–Crippen MR) is 15.1 cm³/mol. The zero-order valence-corrected chi connectivity index (χ0v) is 9.16. The van der Waals surface area contributed by atoms with Gasteiger partial charge in [0.1, 0.15) is 0 Å². The summed E-state index contributed by atoms with van der Waals surface area (Å²) in [5.41, 5.74) is 0. The minimum Gasteiger partial charge on any atom is -0.774 e. The van der Waals surface area contributed by atoms with Gasteiger partial charge in [-0.15, -0.1) is 0 Å². The summed E-state index contributed by atoms with van der Waals surface area (Å²) in [4.78, 5) is 0. The molecule has 3 nitrogen and oxygen atoms in total. The van der Waals surface area contributed by atoms with E-state index < -0.39 is 10.1 Å². The summed E-state index contributed by atoms with van der Waals surface area (Å²) in [6.07, 6.45) is 2.19. The second-order valence-corrected chi connectivity index (χ2v) is 1.67. The van der Waals surface area contributed by atoms with Crippen LogP contribution >= 0.6 is 0 Å². The van der Waals surface area contributed by atoms with Crippen molar-refractivity contribution in [3.05, 3.63) is 6.26 Å². The van der Waals surface area contributed by atoms with Gasteiger partial charge in [-0.2, -0.15) is 0 Å². The Morgan fingerprint density at radius 1 is 1.29 bits per heavy atom. The maximum absolute atomic E-state index is 8.97. The maximum atomic E-state index is 8.97. The van der Waals surface area contributed by atoms with Crippen LogP contribution < -0.4 is 59.1 Å². The molecule has 32 valence electrons. The third kappa shape index (κ3) is 75.7. The van der Waals surface area contributed by atoms with Gasteiger partial charge >= 0.3 is 59.1 Å². The Morgan fingerprint density at radius 3 is 1.29 bits per heavy atom. The quantitative estimate of drug-likeness (QED) is 0.191. The van der Waals surface area contributed by atoms with E-state index in [-0.39, 0.29) is 59.1 Å². The molecule has 0 atom stereocenters. The molecule has 0 radical (unpaired) electrons. The van der Waals surface area contributed by atoms with Crippen molar-refractivity contribution in [2.24, 2.45) is 0 Å². The van der Waals surface area contributed by atoms with E-state index in [1.807, 2.05) is 0 Å². The SMILES string of the molecule is [CH2-]S(=O)(=O)[O-].[Na+].[Na+]. The summed E-state index contributed by atoms with van der Waals surface area (Å²) < 4.78 is 26.9. The molecular weight excluding hydrogens is 138 g/mol. The first kappa shape index (κ1) is 16.0. The molecule has 0 rings (SSSR count). The van der Waals surface area contributed by atoms with Gasteiger partial charge in [-0.25, -0.2) is 6.26 Å². The summed E-state index contributed by atoms with van der Waals surface area (Å²) in [5.74, 6) is 0. The Balaban J connectivity index is -0.0000000800. The molecule has 0 aliphatic heterocycles. The van der Waals surface area contributed by atoms with Gasteiger partial charge in [0.25, 0.3) is 0 Å². The van der Waals surface area contributed by atoms with Gasteiger partial charge in [-0.1, -0.05) is 0 Å². The fraction of sp³-hybridized carbons (Fsp3) is 0. The van der Waals surface area contributed by atoms with E-state index in [2.05, 4.69) is 6.26 Å². The van der Waals surface area contributed by atoms with Crippen LogP contribution in [-0.4, -0.2) is 13.0 Å². The molecule has 0 aromatic heterocycles. The van der Waals surface area contributed by atoms with Gasteiger partial charge < -0.3 is 4.55 Å². The van der Waals surface area contributed by atoms with Crippen molar-refractivity contribution in [1.82, 2.24) is 0 Å². The maximum Gasteiger partial charge on any atom is 1.00 e. The second-order valence-electron chi connectivity index (χ2n) is 0.558. The van der Waals surface area contributed by atoms with E-state index in [4.69, 9.17) is 13.0 Å². The van der Waals surface area contributed by atoms with Crippen LogP contribution in [0.4, 0.5) is 0 Å². The van der Waals surface area contributed by atoms with Gasteiger partial charge in [0, 0.05) is 0 Å². The first-order chi connectivity index (χ1) is 2.00. The van der Waals surface area contributed by atoms with Crippen molar-refractivity contribution in [2.75, 3.05) is 0 Å². The Morgan fingerprint density at radius 2 is 1.29 bits per heavy atom. The fourth-order valence-corrected chi connectivity index (χ4v) is 0. The zero-order chi connectivity index (χ0) is 4.50. The molecule has 0 aliphatic rings. The smallest absolute Gasteiger partial charge is 0.774 e. The van der Waals surface area contributed by atoms with Crippen molar-refractivity contribution >= 4 is 10.1 Å². The molecule has 0 spiro atoms. The minimum atomic E-state index is -4.17. The largest absolute Gasteiger partial charge is 1.00 e. The monoisotopic (exact) mass is 140 g/mol. The number of rotatable bonds is 0. The average molecular weight is 140 g/mol. The summed E-state index contributed by atoms with van der Waals surface area (Å²) in [7, 11) is -4.17. The standard InChI is InChI=1S/CH3O3S.2Na/c1-5(2,3)4;;/h1H2,(H,2,3,4);;/q-1;2*+1/p-1. The summed E-state index contributed by atoms with van der Waals surface area (Å²) in [6.45, 7) is 0. The van der Waals surface area contributed by atoms with Crippen LogP contribution in [0.5, 0.6) is 0 Å². The molecule has 0 saturated carbocycles. The molecular formula is CH2Na2O3S. The molecule has 0 unspecified atom stereocenters. The van der Waals surface area contributed by atoms with E-state index in [1.54, 1.807) is 0 Å². The Kier molecular flexibility index (Phi) is 13.8. The molecule has 0 amide bonds. The second kappa shape index (κ2) is 6.04. The Hall–Kier alpha value is 1.91. The van der Waals surface area contributed by atoms with Crippen LogP contribution in [-0.2, 0) is 10.1 Å². The van der Waals surface area contributed by atoms with Crippen molar-refractivity contribution in [1.29, 1.82) is 0 Å². The first-order valence-electron chi connectivity index (χ1n) is 0.789. The van der Waals surface area contributed by atoms with Gasteiger partial charge in [0.2, 0.25) is 0 Å². The van der Waals surface area contributed by atoms with Gasteiger partial charge in [-0.05, 0) is 10.1 Å². The molecule has 7 heavy (non-hydrogen) atoms. The molecule has 0 saturated heterocycles. The molecule has 0 aromatic rings. The van der Waals surface area contributed by atoms with Gasteiger partial charge in [0.05, 0.1) is 0 Å². The topological polar surface area (TPSA) is 57.2 Å². The molecule has 0 heterocycles. The third-order valence-corrected chi connectivity index (χ3v) is 0. The first-order valence-corrected chi connectivity index (χ1v) is 2.37. The van der Waals surface area contributed by atoms with Crippen LogP contribution in [0.15, 0.2) is 0 Å². The molecule has 0 fully saturated rings. The van der Waals surface area contributed by atoms with Crippen molar-refractivity contribution in [2.45, 2.75) is 0 Å². The van der Waals surface area contributed by atoms with E-state index in [0.717, 1.165) is 0 Å². The van der Waals surface area contributed by atoms with Crippen molar-refractivity contribution in [3.8, 4) is 0 Å². The number of hydrogen-bond donors (Lipinski definition) is 0. The predicted octanol–water partition coefficient (Wildman–Crippen LogP) is -6.67. The summed E-state index contributed by atoms with van der Waals surface area (Å²) in [6, 6.07) is 0. The van der Waals surface area contributed by atoms with E-state index in [1.165, 1.54) is 0 Å². The van der Waals surface area contributed by atoms with Gasteiger partial charge in [0.15, 0.2) is 0 Å². The van der Waals surface area contributed by atoms with Crippen LogP contribution in [0.1, 0.15) is 0 Å². The summed E-state index contributed by atoms with van der Waals surface area (Å²) >= 11 is 0. The molecule has 6 heteroatoms. The van der Waals surface area contributed by atoms with Crippen LogP contribution in [0.3, 0.4) is 0 Å². The van der Waals surface area contributed by atoms with Crippen molar-refractivity contribution < 1.29 is 72.1 Å². The van der Waals surface area contributed by atoms with Crippen molar-refractivity contribution in [3.63, 3.8) is 0 Å². The number of hydrogen-bond acceptors (Lipinski definition) is 3. The normalized spacial score (nSPS) is 8.29. The van der Waals surface area contributed by atoms with E-state index >= 15 is 0 Å². The van der Waals surface area contributed by atoms with Gasteiger partial charge in [-0.3, -0.25) is 8.42 Å². The third-order valence-electron chi connectivity index (χ3n) is 0. The van der Waals surface area contributed by atoms with Crippen LogP contribution in [0.2, 0.25) is 0 Å². The minimum absolute atomic E-state index is 0. The molecule has 0 aromatic carbocycles. The zero-order valence-electron chi connectivity index (χ0n) is 4.34. The molecule has 0 aliphatic carbocycles. The molecule has 0 bridgehead atoms. The van der Waals surface area contributed by atoms with Crippen LogP contribution in [0.25, 0.3) is 0 Å². The average Bonchev–Trinajstić information content (AvgIpc) is 0.722. The Bertz CT molecular complexity index is 96.1. The van der Waals surface area contributed by atoms with Crippen LogP contribution in [0, 0.1) is 6.26 Å². The Labute approximate surface area is 87.2 Å². The molecule has 0 N–H and O–H groups in total. The van der Waals surface area contributed by atoms with E-state index in [0.29, 0.717) is 0 Å². The summed E-state index contributed by atoms with van der Waals surface area (Å²) in [5, 5.41) is 0. The fourth-order valence-electron chi connectivity index (χ4n) is 0. The van der Waals surface area contributed by atoms with E-state index in [9.17, 15) is 0 Å².